The molecule has 0 saturated heterocycles. The fraction of sp³-hybridized carbons (Fsp3) is 0.235. The number of aryl methyl sites for hydroxylation is 2. The molecule has 104 valence electrons. The van der Waals surface area contributed by atoms with Gasteiger partial charge in [-0.1, -0.05) is 36.4 Å². The first kappa shape index (κ1) is 14.3. The molecular weight excluding hydrogens is 255 g/mol. The van der Waals surface area contributed by atoms with Crippen LogP contribution < -0.4 is 0 Å². The molecule has 0 bridgehead atoms. The summed E-state index contributed by atoms with van der Waals surface area (Å²) in [5.41, 5.74) is 3.41. The van der Waals surface area contributed by atoms with E-state index in [1.165, 1.54) is 12.1 Å². The molecule has 2 aromatic rings. The van der Waals surface area contributed by atoms with Crippen molar-refractivity contribution in [2.24, 2.45) is 0 Å². The summed E-state index contributed by atoms with van der Waals surface area (Å²) in [6.07, 6.45) is 0.289. The Hall–Kier alpha value is -2.16. The van der Waals surface area contributed by atoms with E-state index in [1.807, 2.05) is 32.0 Å². The monoisotopic (exact) mass is 272 g/mol. The third-order valence-electron chi connectivity index (χ3n) is 3.59. The number of halogens is 1. The molecule has 0 aliphatic rings. The predicted molar refractivity (Wildman–Crippen MR) is 76.4 cm³/mol. The maximum Gasteiger partial charge on any atom is 0.311 e. The number of rotatable bonds is 4. The van der Waals surface area contributed by atoms with Crippen LogP contribution in [-0.2, 0) is 11.2 Å². The molecule has 1 unspecified atom stereocenters. The maximum atomic E-state index is 13.8. The number of aliphatic carboxylic acids is 1. The van der Waals surface area contributed by atoms with Gasteiger partial charge in [-0.15, -0.1) is 0 Å². The van der Waals surface area contributed by atoms with Crippen molar-refractivity contribution in [2.75, 3.05) is 0 Å². The average Bonchev–Trinajstić information content (AvgIpc) is 2.41. The lowest BCUT2D eigenvalue weighted by atomic mass is 9.90. The molecule has 2 aromatic carbocycles. The highest BCUT2D eigenvalue weighted by molar-refractivity contribution is 5.76. The van der Waals surface area contributed by atoms with Crippen molar-refractivity contribution in [3.63, 3.8) is 0 Å². The lowest BCUT2D eigenvalue weighted by Crippen LogP contribution is -2.16. The third-order valence-corrected chi connectivity index (χ3v) is 3.59. The lowest BCUT2D eigenvalue weighted by Gasteiger charge is -2.14. The largest absolute Gasteiger partial charge is 0.481 e. The van der Waals surface area contributed by atoms with Crippen LogP contribution in [0.4, 0.5) is 4.39 Å². The maximum absolute atomic E-state index is 13.8. The van der Waals surface area contributed by atoms with Crippen LogP contribution in [0.15, 0.2) is 42.5 Å². The minimum absolute atomic E-state index is 0.234. The summed E-state index contributed by atoms with van der Waals surface area (Å²) in [6.45, 7) is 3.99. The van der Waals surface area contributed by atoms with Crippen LogP contribution in [-0.4, -0.2) is 11.1 Å². The van der Waals surface area contributed by atoms with Gasteiger partial charge in [0, 0.05) is 5.56 Å². The van der Waals surface area contributed by atoms with E-state index in [0.717, 1.165) is 16.7 Å². The topological polar surface area (TPSA) is 37.3 Å². The normalized spacial score (nSPS) is 12.2. The van der Waals surface area contributed by atoms with Gasteiger partial charge in [-0.05, 0) is 43.0 Å². The highest BCUT2D eigenvalue weighted by Crippen LogP contribution is 2.24. The quantitative estimate of drug-likeness (QED) is 0.917. The molecule has 0 saturated carbocycles. The van der Waals surface area contributed by atoms with E-state index in [0.29, 0.717) is 0 Å². The van der Waals surface area contributed by atoms with Crippen LogP contribution in [0.3, 0.4) is 0 Å². The Morgan fingerprint density at radius 3 is 2.45 bits per heavy atom. The molecule has 0 spiro atoms. The van der Waals surface area contributed by atoms with Gasteiger partial charge < -0.3 is 5.11 Å². The summed E-state index contributed by atoms with van der Waals surface area (Å²) >= 11 is 0. The highest BCUT2D eigenvalue weighted by atomic mass is 19.1. The molecule has 1 atom stereocenters. The molecule has 0 radical (unpaired) electrons. The second kappa shape index (κ2) is 5.87. The molecule has 0 aromatic heterocycles. The van der Waals surface area contributed by atoms with Crippen LogP contribution >= 0.6 is 0 Å². The minimum atomic E-state index is -1.01. The number of carbonyl (C=O) groups is 1. The van der Waals surface area contributed by atoms with E-state index in [1.54, 1.807) is 12.1 Å². The minimum Gasteiger partial charge on any atom is -0.481 e. The van der Waals surface area contributed by atoms with Gasteiger partial charge in [0.1, 0.15) is 5.82 Å². The van der Waals surface area contributed by atoms with Gasteiger partial charge >= 0.3 is 5.97 Å². The fourth-order valence-corrected chi connectivity index (χ4v) is 2.25. The summed E-state index contributed by atoms with van der Waals surface area (Å²) in [6, 6.07) is 11.9. The number of hydrogen-bond acceptors (Lipinski definition) is 1. The lowest BCUT2D eigenvalue weighted by molar-refractivity contribution is -0.138. The first-order valence-corrected chi connectivity index (χ1v) is 6.52. The Morgan fingerprint density at radius 2 is 1.85 bits per heavy atom. The zero-order valence-corrected chi connectivity index (χ0v) is 11.6. The van der Waals surface area contributed by atoms with Gasteiger partial charge in [0.15, 0.2) is 0 Å². The molecule has 20 heavy (non-hydrogen) atoms. The van der Waals surface area contributed by atoms with E-state index < -0.39 is 17.7 Å². The van der Waals surface area contributed by atoms with Crippen LogP contribution in [0, 0.1) is 19.7 Å². The van der Waals surface area contributed by atoms with Crippen molar-refractivity contribution in [1.82, 2.24) is 0 Å². The Morgan fingerprint density at radius 1 is 1.15 bits per heavy atom. The van der Waals surface area contributed by atoms with Gasteiger partial charge in [-0.3, -0.25) is 4.79 Å². The summed E-state index contributed by atoms with van der Waals surface area (Å²) in [5, 5.41) is 9.37. The van der Waals surface area contributed by atoms with Gasteiger partial charge in [-0.2, -0.15) is 0 Å². The first-order valence-electron chi connectivity index (χ1n) is 6.52. The Labute approximate surface area is 117 Å². The van der Waals surface area contributed by atoms with E-state index in [4.69, 9.17) is 0 Å². The van der Waals surface area contributed by atoms with E-state index >= 15 is 0 Å². The van der Waals surface area contributed by atoms with Gasteiger partial charge in [0.25, 0.3) is 0 Å². The van der Waals surface area contributed by atoms with Crippen molar-refractivity contribution in [3.05, 3.63) is 70.5 Å². The second-order valence-electron chi connectivity index (χ2n) is 5.04. The Balaban J connectivity index is 2.33. The van der Waals surface area contributed by atoms with E-state index in [-0.39, 0.29) is 12.0 Å². The third kappa shape index (κ3) is 3.05. The molecule has 0 amide bonds. The number of hydrogen-bond donors (Lipinski definition) is 1. The standard InChI is InChI=1S/C17H17FO2/c1-11-7-8-13(9-12(11)2)10-15(17(19)20)14-5-3-4-6-16(14)18/h3-9,15H,10H2,1-2H3,(H,19,20). The number of carboxylic acids is 1. The van der Waals surface area contributed by atoms with E-state index in [2.05, 4.69) is 0 Å². The second-order valence-corrected chi connectivity index (χ2v) is 5.04. The molecule has 2 rings (SSSR count). The molecule has 0 fully saturated rings. The van der Waals surface area contributed by atoms with Gasteiger partial charge in [0.05, 0.1) is 5.92 Å². The molecule has 0 heterocycles. The van der Waals surface area contributed by atoms with Crippen LogP contribution in [0.5, 0.6) is 0 Å². The summed E-state index contributed by atoms with van der Waals surface area (Å²) in [7, 11) is 0. The molecule has 3 heteroatoms. The van der Waals surface area contributed by atoms with Crippen LogP contribution in [0.25, 0.3) is 0 Å². The van der Waals surface area contributed by atoms with E-state index in [9.17, 15) is 14.3 Å². The Bertz CT molecular complexity index is 635. The van der Waals surface area contributed by atoms with Crippen molar-refractivity contribution in [3.8, 4) is 0 Å². The summed E-state index contributed by atoms with van der Waals surface area (Å²) < 4.78 is 13.8. The van der Waals surface area contributed by atoms with Crippen LogP contribution in [0.2, 0.25) is 0 Å². The summed E-state index contributed by atoms with van der Waals surface area (Å²) in [5.74, 6) is -2.34. The SMILES string of the molecule is Cc1ccc(CC(C(=O)O)c2ccccc2F)cc1C. The average molecular weight is 272 g/mol. The van der Waals surface area contributed by atoms with Gasteiger partial charge in [-0.25, -0.2) is 4.39 Å². The van der Waals surface area contributed by atoms with Crippen molar-refractivity contribution >= 4 is 5.97 Å². The number of benzene rings is 2. The zero-order chi connectivity index (χ0) is 14.7. The van der Waals surface area contributed by atoms with Crippen LogP contribution in [0.1, 0.15) is 28.2 Å². The highest BCUT2D eigenvalue weighted by Gasteiger charge is 2.23. The Kier molecular flexibility index (Phi) is 4.18. The smallest absolute Gasteiger partial charge is 0.311 e. The summed E-state index contributed by atoms with van der Waals surface area (Å²) in [4.78, 5) is 11.4. The molecule has 0 aliphatic heterocycles. The zero-order valence-electron chi connectivity index (χ0n) is 11.6. The van der Waals surface area contributed by atoms with Crippen molar-refractivity contribution in [2.45, 2.75) is 26.2 Å². The molecular formula is C17H17FO2. The van der Waals surface area contributed by atoms with Crippen molar-refractivity contribution < 1.29 is 14.3 Å². The molecule has 2 nitrogen and oxygen atoms in total. The molecule has 1 N–H and O–H groups in total. The first-order chi connectivity index (χ1) is 9.49. The van der Waals surface area contributed by atoms with Gasteiger partial charge in [0.2, 0.25) is 0 Å². The van der Waals surface area contributed by atoms with Crippen molar-refractivity contribution in [1.29, 1.82) is 0 Å². The predicted octanol–water partition coefficient (Wildman–Crippen LogP) is 3.85. The number of carboxylic acid groups (broad SMARTS) is 1. The fourth-order valence-electron chi connectivity index (χ4n) is 2.25. The molecule has 0 aliphatic carbocycles.